The minimum atomic E-state index is -4.89. The van der Waals surface area contributed by atoms with E-state index >= 15 is 0 Å². The van der Waals surface area contributed by atoms with Crippen molar-refractivity contribution in [2.75, 3.05) is 0 Å². The van der Waals surface area contributed by atoms with Crippen molar-refractivity contribution < 1.29 is 23.4 Å². The summed E-state index contributed by atoms with van der Waals surface area (Å²) in [6, 6.07) is 1.87. The predicted octanol–water partition coefficient (Wildman–Crippen LogP) is 1.62. The molecule has 118 valence electrons. The molecule has 0 aliphatic carbocycles. The number of alkyl halides is 3. The third-order valence-corrected chi connectivity index (χ3v) is 3.20. The van der Waals surface area contributed by atoms with Gasteiger partial charge in [-0.2, -0.15) is 13.2 Å². The van der Waals surface area contributed by atoms with Crippen molar-refractivity contribution >= 4 is 11.6 Å². The molecule has 1 aromatic carbocycles. The highest BCUT2D eigenvalue weighted by atomic mass is 35.5. The monoisotopic (exact) mass is 336 g/mol. The van der Waals surface area contributed by atoms with Gasteiger partial charge in [0.05, 0.1) is 10.7 Å². The van der Waals surface area contributed by atoms with Gasteiger partial charge in [0.2, 0.25) is 0 Å². The zero-order valence-electron chi connectivity index (χ0n) is 10.8. The van der Waals surface area contributed by atoms with Gasteiger partial charge in [0.25, 0.3) is 5.56 Å². The predicted molar refractivity (Wildman–Crippen MR) is 70.6 cm³/mol. The minimum absolute atomic E-state index is 0.215. The molecule has 0 bridgehead atoms. The first-order chi connectivity index (χ1) is 10.0. The minimum Gasteiger partial charge on any atom is -0.506 e. The fraction of sp³-hybridized carbons (Fsp3) is 0.167. The van der Waals surface area contributed by atoms with Crippen LogP contribution in [0.3, 0.4) is 0 Å². The Kier molecular flexibility index (Phi) is 3.69. The average Bonchev–Trinajstić information content (AvgIpc) is 2.38. The molecule has 0 aliphatic rings. The smallest absolute Gasteiger partial charge is 0.431 e. The lowest BCUT2D eigenvalue weighted by Gasteiger charge is -2.14. The Morgan fingerprint density at radius 2 is 1.68 bits per heavy atom. The van der Waals surface area contributed by atoms with E-state index in [1.54, 1.807) is 0 Å². The molecule has 0 fully saturated rings. The van der Waals surface area contributed by atoms with Gasteiger partial charge in [0.1, 0.15) is 17.2 Å². The molecule has 0 atom stereocenters. The summed E-state index contributed by atoms with van der Waals surface area (Å²) in [5.74, 6) is -1.20. The first-order valence-electron chi connectivity index (χ1n) is 5.66. The number of aromatic nitrogens is 2. The molecular formula is C12H8ClF3N2O4. The van der Waals surface area contributed by atoms with Crippen LogP contribution in [0.1, 0.15) is 5.69 Å². The highest BCUT2D eigenvalue weighted by Gasteiger charge is 2.35. The first kappa shape index (κ1) is 16.0. The Bertz CT molecular complexity index is 870. The SMILES string of the molecule is Cn1c(C(F)(F)F)cc(=O)n(-c2cc(O)c(Cl)cc2O)c1=O. The van der Waals surface area contributed by atoms with Crippen molar-refractivity contribution in [3.63, 3.8) is 0 Å². The van der Waals surface area contributed by atoms with Crippen LogP contribution in [-0.4, -0.2) is 19.3 Å². The van der Waals surface area contributed by atoms with Crippen LogP contribution in [0.5, 0.6) is 11.5 Å². The van der Waals surface area contributed by atoms with E-state index in [1.165, 1.54) is 0 Å². The van der Waals surface area contributed by atoms with E-state index in [-0.39, 0.29) is 15.7 Å². The Morgan fingerprint density at radius 3 is 2.23 bits per heavy atom. The van der Waals surface area contributed by atoms with Crippen molar-refractivity contribution in [1.82, 2.24) is 9.13 Å². The fourth-order valence-corrected chi connectivity index (χ4v) is 2.00. The number of hydrogen-bond donors (Lipinski definition) is 2. The number of phenols is 2. The first-order valence-corrected chi connectivity index (χ1v) is 6.04. The van der Waals surface area contributed by atoms with Gasteiger partial charge < -0.3 is 10.2 Å². The molecular weight excluding hydrogens is 329 g/mol. The lowest BCUT2D eigenvalue weighted by Crippen LogP contribution is -2.40. The van der Waals surface area contributed by atoms with Crippen molar-refractivity contribution in [3.05, 3.63) is 49.8 Å². The summed E-state index contributed by atoms with van der Waals surface area (Å²) in [6.07, 6.45) is -4.89. The second kappa shape index (κ2) is 5.09. The number of nitrogens with zero attached hydrogens (tertiary/aromatic N) is 2. The van der Waals surface area contributed by atoms with E-state index in [2.05, 4.69) is 0 Å². The zero-order valence-corrected chi connectivity index (χ0v) is 11.6. The van der Waals surface area contributed by atoms with Gasteiger partial charge in [-0.15, -0.1) is 0 Å². The second-order valence-corrected chi connectivity index (χ2v) is 4.74. The lowest BCUT2D eigenvalue weighted by molar-refractivity contribution is -0.144. The molecule has 1 aromatic heterocycles. The molecule has 2 rings (SSSR count). The topological polar surface area (TPSA) is 84.5 Å². The van der Waals surface area contributed by atoms with Gasteiger partial charge in [-0.3, -0.25) is 9.36 Å². The number of hydrogen-bond acceptors (Lipinski definition) is 4. The maximum Gasteiger partial charge on any atom is 0.431 e. The fourth-order valence-electron chi connectivity index (χ4n) is 1.84. The van der Waals surface area contributed by atoms with E-state index in [0.29, 0.717) is 4.57 Å². The zero-order chi connectivity index (χ0) is 16.8. The molecule has 0 spiro atoms. The third kappa shape index (κ3) is 2.54. The van der Waals surface area contributed by atoms with Gasteiger partial charge in [0.15, 0.2) is 0 Å². The van der Waals surface area contributed by atoms with E-state index in [0.717, 1.165) is 19.2 Å². The van der Waals surface area contributed by atoms with Crippen molar-refractivity contribution in [2.24, 2.45) is 7.05 Å². The van der Waals surface area contributed by atoms with E-state index in [9.17, 15) is 33.0 Å². The van der Waals surface area contributed by atoms with Gasteiger partial charge in [-0.05, 0) is 0 Å². The largest absolute Gasteiger partial charge is 0.506 e. The summed E-state index contributed by atoms with van der Waals surface area (Å²) in [6.45, 7) is 0. The molecule has 0 saturated heterocycles. The van der Waals surface area contributed by atoms with E-state index in [4.69, 9.17) is 11.6 Å². The van der Waals surface area contributed by atoms with Crippen molar-refractivity contribution in [1.29, 1.82) is 0 Å². The highest BCUT2D eigenvalue weighted by molar-refractivity contribution is 6.32. The maximum absolute atomic E-state index is 12.7. The van der Waals surface area contributed by atoms with Crippen LogP contribution in [-0.2, 0) is 13.2 Å². The van der Waals surface area contributed by atoms with Crippen LogP contribution in [0.2, 0.25) is 5.02 Å². The molecule has 0 aliphatic heterocycles. The average molecular weight is 337 g/mol. The van der Waals surface area contributed by atoms with E-state index in [1.807, 2.05) is 0 Å². The molecule has 22 heavy (non-hydrogen) atoms. The van der Waals surface area contributed by atoms with E-state index < -0.39 is 40.3 Å². The van der Waals surface area contributed by atoms with Crippen LogP contribution >= 0.6 is 11.6 Å². The standard InChI is InChI=1S/C12H8ClF3N2O4/c1-17-9(12(14,15)16)4-10(21)18(11(17)22)6-3-7(19)5(13)2-8(6)20/h2-4,19-20H,1H3. The number of halogens is 4. The summed E-state index contributed by atoms with van der Waals surface area (Å²) in [5.41, 5.74) is -4.57. The lowest BCUT2D eigenvalue weighted by atomic mass is 10.2. The number of benzene rings is 1. The Balaban J connectivity index is 2.85. The van der Waals surface area contributed by atoms with Crippen LogP contribution in [0.4, 0.5) is 13.2 Å². The Labute approximate surface area is 125 Å². The molecule has 0 unspecified atom stereocenters. The molecule has 1 heterocycles. The molecule has 0 saturated carbocycles. The summed E-state index contributed by atoms with van der Waals surface area (Å²) in [4.78, 5) is 23.8. The number of rotatable bonds is 1. The van der Waals surface area contributed by atoms with Crippen LogP contribution in [0.25, 0.3) is 5.69 Å². The summed E-state index contributed by atoms with van der Waals surface area (Å²) < 4.78 is 38.7. The van der Waals surface area contributed by atoms with Crippen LogP contribution in [0, 0.1) is 0 Å². The highest BCUT2D eigenvalue weighted by Crippen LogP contribution is 2.32. The molecule has 10 heteroatoms. The molecule has 0 radical (unpaired) electrons. The van der Waals surface area contributed by atoms with Crippen molar-refractivity contribution in [3.8, 4) is 17.2 Å². The van der Waals surface area contributed by atoms with Gasteiger partial charge >= 0.3 is 11.9 Å². The molecule has 6 nitrogen and oxygen atoms in total. The van der Waals surface area contributed by atoms with Gasteiger partial charge in [-0.1, -0.05) is 11.6 Å². The Morgan fingerprint density at radius 1 is 1.09 bits per heavy atom. The van der Waals surface area contributed by atoms with Crippen LogP contribution < -0.4 is 11.2 Å². The number of aromatic hydroxyl groups is 2. The van der Waals surface area contributed by atoms with Gasteiger partial charge in [-0.25, -0.2) is 9.36 Å². The van der Waals surface area contributed by atoms with Crippen LogP contribution in [0.15, 0.2) is 27.8 Å². The number of phenolic OH excluding ortho intramolecular Hbond substituents is 2. The quantitative estimate of drug-likeness (QED) is 0.775. The summed E-state index contributed by atoms with van der Waals surface area (Å²) in [5, 5.41) is 18.9. The second-order valence-electron chi connectivity index (χ2n) is 4.33. The Hall–Kier alpha value is -2.42. The summed E-state index contributed by atoms with van der Waals surface area (Å²) in [7, 11) is 0.827. The third-order valence-electron chi connectivity index (χ3n) is 2.90. The maximum atomic E-state index is 12.7. The molecule has 2 N–H and O–H groups in total. The van der Waals surface area contributed by atoms with Gasteiger partial charge in [0, 0.05) is 25.2 Å². The normalized spacial score (nSPS) is 11.7. The summed E-state index contributed by atoms with van der Waals surface area (Å²) >= 11 is 5.54. The molecule has 0 amide bonds. The van der Waals surface area contributed by atoms with Crippen molar-refractivity contribution in [2.45, 2.75) is 6.18 Å². The molecule has 2 aromatic rings.